The molecule has 0 aliphatic rings. The molecule has 0 fully saturated rings. The predicted octanol–water partition coefficient (Wildman–Crippen LogP) is 4.72. The van der Waals surface area contributed by atoms with E-state index < -0.39 is 0 Å². The van der Waals surface area contributed by atoms with Crippen LogP contribution in [0.15, 0.2) is 84.9 Å². The van der Waals surface area contributed by atoms with Gasteiger partial charge in [0, 0.05) is 28.5 Å². The van der Waals surface area contributed by atoms with Crippen molar-refractivity contribution in [3.8, 4) is 0 Å². The maximum Gasteiger partial charge on any atom is 0.200 e. The number of nitrogens with zero attached hydrogens (tertiary/aromatic N) is 2. The molecular weight excluding hydrogens is 432 g/mol. The Morgan fingerprint density at radius 2 is 1.26 bits per heavy atom. The molecule has 2 amide bonds. The molecule has 0 bridgehead atoms. The first kappa shape index (κ1) is 23.7. The van der Waals surface area contributed by atoms with E-state index in [9.17, 15) is 9.59 Å². The fraction of sp³-hybridized carbons (Fsp3) is 0.0833. The van der Waals surface area contributed by atoms with Crippen LogP contribution in [0.25, 0.3) is 0 Å². The Balaban J connectivity index is 0.000000213. The molecule has 2 aromatic heterocycles. The number of hydrogen-bond acceptors (Lipinski definition) is 4. The van der Waals surface area contributed by atoms with Crippen LogP contribution in [0.2, 0.25) is 0 Å². The molecule has 2 N–H and O–H groups in total. The average molecular weight is 454 g/mol. The molecule has 164 valence electrons. The van der Waals surface area contributed by atoms with Gasteiger partial charge in [-0.3, -0.25) is 4.79 Å². The Morgan fingerprint density at radius 1 is 0.774 bits per heavy atom. The summed E-state index contributed by atoms with van der Waals surface area (Å²) in [6.45, 7) is 3.77. The summed E-state index contributed by atoms with van der Waals surface area (Å²) >= 11 is 0. The molecule has 6 nitrogen and oxygen atoms in total. The number of aromatic nitrogens is 2. The van der Waals surface area contributed by atoms with E-state index >= 15 is 0 Å². The third-order valence-corrected chi connectivity index (χ3v) is 4.11. The smallest absolute Gasteiger partial charge is 0.200 e. The molecule has 4 aromatic rings. The minimum absolute atomic E-state index is 0. The number of carbonyl (C=O) groups excluding carboxylic acids is 2. The van der Waals surface area contributed by atoms with Crippen LogP contribution in [0.4, 0.5) is 11.6 Å². The van der Waals surface area contributed by atoms with Crippen LogP contribution in [0, 0.1) is 13.8 Å². The topological polar surface area (TPSA) is 84.0 Å². The molecule has 0 unspecified atom stereocenters. The normalized spacial score (nSPS) is 9.61. The van der Waals surface area contributed by atoms with Gasteiger partial charge in [-0.2, -0.15) is 18.0 Å². The third-order valence-electron chi connectivity index (χ3n) is 4.11. The Morgan fingerprint density at radius 3 is 1.74 bits per heavy atom. The van der Waals surface area contributed by atoms with Gasteiger partial charge in [0.05, 0.1) is 0 Å². The maximum atomic E-state index is 11.6. The molecule has 0 atom stereocenters. The second-order valence-corrected chi connectivity index (χ2v) is 6.58. The molecule has 4 rings (SSSR count). The van der Waals surface area contributed by atoms with Gasteiger partial charge < -0.3 is 45.3 Å². The van der Waals surface area contributed by atoms with Crippen molar-refractivity contribution in [3.63, 3.8) is 0 Å². The molecule has 2 heterocycles. The van der Waals surface area contributed by atoms with E-state index in [-0.39, 0.29) is 28.9 Å². The fourth-order valence-corrected chi connectivity index (χ4v) is 2.65. The van der Waals surface area contributed by atoms with Gasteiger partial charge >= 0.3 is 0 Å². The molecule has 0 aliphatic heterocycles. The first-order valence-electron chi connectivity index (χ1n) is 9.45. The SMILES string of the molecule is Cc1cccc(NC(=O)[c-]2[cH-][cH-][cH-][cH-]2)n1.Cc1cccc(NC(=O)[c-]2cccc2)n1.[Fe]. The molecule has 0 aliphatic carbocycles. The monoisotopic (exact) mass is 454 g/mol. The Bertz CT molecular complexity index is 1020. The van der Waals surface area contributed by atoms with Gasteiger partial charge in [-0.05, 0) is 38.1 Å². The van der Waals surface area contributed by atoms with Gasteiger partial charge in [-0.1, -0.05) is 17.7 Å². The number of amides is 2. The van der Waals surface area contributed by atoms with Gasteiger partial charge in [0.25, 0.3) is 0 Å². The van der Waals surface area contributed by atoms with Gasteiger partial charge in [0.1, 0.15) is 11.6 Å². The van der Waals surface area contributed by atoms with Crippen molar-refractivity contribution < 1.29 is 26.7 Å². The van der Waals surface area contributed by atoms with E-state index in [1.54, 1.807) is 36.4 Å². The molecule has 7 heteroatoms. The van der Waals surface area contributed by atoms with Crippen molar-refractivity contribution >= 4 is 23.5 Å². The van der Waals surface area contributed by atoms with Crippen molar-refractivity contribution in [2.24, 2.45) is 0 Å². The number of anilines is 2. The standard InChI is InChI=1S/2C12H11N2O.Fe/c2*1-9-5-4-8-11(13-9)14-12(15)10-6-2-3-7-10;/h2*2-8H,1H3,(H,13,14,15);/q-5;-1;. The maximum absolute atomic E-state index is 11.6. The van der Waals surface area contributed by atoms with Crippen LogP contribution in [0.3, 0.4) is 0 Å². The molecule has 0 saturated heterocycles. The Labute approximate surface area is 192 Å². The van der Waals surface area contributed by atoms with E-state index in [2.05, 4.69) is 20.6 Å². The van der Waals surface area contributed by atoms with Crippen LogP contribution in [-0.4, -0.2) is 21.8 Å². The average Bonchev–Trinajstić information content (AvgIpc) is 3.43. The van der Waals surface area contributed by atoms with Crippen molar-refractivity contribution in [2.45, 2.75) is 13.8 Å². The van der Waals surface area contributed by atoms with E-state index in [1.807, 2.05) is 62.4 Å². The predicted molar refractivity (Wildman–Crippen MR) is 118 cm³/mol. The first-order chi connectivity index (χ1) is 14.5. The summed E-state index contributed by atoms with van der Waals surface area (Å²) in [6.07, 6.45) is 0. The number of pyridine rings is 2. The second kappa shape index (κ2) is 11.6. The summed E-state index contributed by atoms with van der Waals surface area (Å²) in [6, 6.07) is 25.4. The number of rotatable bonds is 4. The summed E-state index contributed by atoms with van der Waals surface area (Å²) in [4.78, 5) is 31.7. The number of nitrogens with one attached hydrogen (secondary N) is 2. The van der Waals surface area contributed by atoms with Crippen molar-refractivity contribution in [3.05, 3.63) is 107 Å². The van der Waals surface area contributed by atoms with Crippen LogP contribution >= 0.6 is 0 Å². The fourth-order valence-electron chi connectivity index (χ4n) is 2.65. The molecule has 0 spiro atoms. The number of hydrogen-bond donors (Lipinski definition) is 2. The molecule has 0 saturated carbocycles. The minimum Gasteiger partial charge on any atom is -0.698 e. The summed E-state index contributed by atoms with van der Waals surface area (Å²) < 4.78 is 0. The molecular formula is C24H22FeN4O2-6. The van der Waals surface area contributed by atoms with Crippen molar-refractivity contribution in [1.29, 1.82) is 0 Å². The summed E-state index contributed by atoms with van der Waals surface area (Å²) in [5, 5.41) is 5.47. The van der Waals surface area contributed by atoms with Crippen LogP contribution in [0.1, 0.15) is 32.1 Å². The van der Waals surface area contributed by atoms with Gasteiger partial charge in [-0.15, -0.1) is 0 Å². The Kier molecular flexibility index (Phi) is 8.88. The van der Waals surface area contributed by atoms with Crippen LogP contribution in [0.5, 0.6) is 0 Å². The van der Waals surface area contributed by atoms with Gasteiger partial charge in [0.2, 0.25) is 5.91 Å². The van der Waals surface area contributed by atoms with Crippen molar-refractivity contribution in [1.82, 2.24) is 9.97 Å². The van der Waals surface area contributed by atoms with E-state index in [4.69, 9.17) is 0 Å². The zero-order valence-electron chi connectivity index (χ0n) is 17.1. The second-order valence-electron chi connectivity index (χ2n) is 6.58. The van der Waals surface area contributed by atoms with E-state index in [0.717, 1.165) is 11.4 Å². The molecule has 31 heavy (non-hydrogen) atoms. The van der Waals surface area contributed by atoms with Crippen LogP contribution < -0.4 is 10.6 Å². The number of carbonyl (C=O) groups is 2. The zero-order chi connectivity index (χ0) is 21.3. The van der Waals surface area contributed by atoms with E-state index in [1.165, 1.54) is 0 Å². The summed E-state index contributed by atoms with van der Waals surface area (Å²) in [5.41, 5.74) is 3.07. The Hall–Kier alpha value is -3.54. The third kappa shape index (κ3) is 7.33. The van der Waals surface area contributed by atoms with Crippen molar-refractivity contribution in [2.75, 3.05) is 10.6 Å². The summed E-state index contributed by atoms with van der Waals surface area (Å²) in [5.74, 6) is 0.915. The quantitative estimate of drug-likeness (QED) is 0.345. The van der Waals surface area contributed by atoms with E-state index in [0.29, 0.717) is 22.8 Å². The number of aryl methyl sites for hydroxylation is 2. The first-order valence-corrected chi connectivity index (χ1v) is 9.45. The largest absolute Gasteiger partial charge is 0.698 e. The minimum atomic E-state index is -0.127. The van der Waals surface area contributed by atoms with Gasteiger partial charge in [-0.25, -0.2) is 22.1 Å². The zero-order valence-corrected chi connectivity index (χ0v) is 18.3. The molecule has 0 radical (unpaired) electrons. The van der Waals surface area contributed by atoms with Crippen LogP contribution in [-0.2, 0) is 17.1 Å². The van der Waals surface area contributed by atoms with Gasteiger partial charge in [0.15, 0.2) is 0 Å². The summed E-state index contributed by atoms with van der Waals surface area (Å²) in [7, 11) is 0. The molecule has 2 aromatic carbocycles.